The fourth-order valence-corrected chi connectivity index (χ4v) is 5.08. The van der Waals surface area contributed by atoms with E-state index >= 15 is 4.39 Å². The maximum Gasteiger partial charge on any atom is 0.137 e. The second-order valence-electron chi connectivity index (χ2n) is 7.63. The van der Waals surface area contributed by atoms with Crippen LogP contribution in [0.3, 0.4) is 0 Å². The van der Waals surface area contributed by atoms with Gasteiger partial charge in [-0.3, -0.25) is 0 Å². The molecule has 26 heavy (non-hydrogen) atoms. The summed E-state index contributed by atoms with van der Waals surface area (Å²) in [6.07, 6.45) is 9.37. The van der Waals surface area contributed by atoms with Gasteiger partial charge in [-0.15, -0.1) is 0 Å². The molecule has 3 unspecified atom stereocenters. The summed E-state index contributed by atoms with van der Waals surface area (Å²) < 4.78 is 30.2. The maximum atomic E-state index is 15.3. The lowest BCUT2D eigenvalue weighted by Gasteiger charge is -2.40. The Balaban J connectivity index is 1.72. The molecule has 136 valence electrons. The molecule has 4 rings (SSSR count). The molecule has 0 heterocycles. The van der Waals surface area contributed by atoms with Crippen molar-refractivity contribution in [3.05, 3.63) is 70.3 Å². The Bertz CT molecular complexity index is 838. The summed E-state index contributed by atoms with van der Waals surface area (Å²) in [5.74, 6) is 0.614. The van der Waals surface area contributed by atoms with Crippen LogP contribution in [0.2, 0.25) is 5.02 Å². The highest BCUT2D eigenvalue weighted by Crippen LogP contribution is 2.49. The van der Waals surface area contributed by atoms with Crippen LogP contribution < -0.4 is 0 Å². The Hall–Kier alpha value is -1.67. The number of halogens is 3. The summed E-state index contributed by atoms with van der Waals surface area (Å²) in [5, 5.41) is 0.563. The highest BCUT2D eigenvalue weighted by atomic mass is 35.5. The van der Waals surface area contributed by atoms with Gasteiger partial charge in [-0.2, -0.15) is 0 Å². The smallest absolute Gasteiger partial charge is 0.137 e. The van der Waals surface area contributed by atoms with Gasteiger partial charge in [0.05, 0.1) is 5.56 Å². The van der Waals surface area contributed by atoms with Crippen molar-refractivity contribution in [2.45, 2.75) is 44.9 Å². The summed E-state index contributed by atoms with van der Waals surface area (Å²) >= 11 is 5.91. The van der Waals surface area contributed by atoms with E-state index in [1.807, 2.05) is 0 Å². The molecule has 2 aromatic rings. The molecule has 0 amide bonds. The minimum absolute atomic E-state index is 0.0847. The zero-order chi connectivity index (χ0) is 18.3. The fourth-order valence-electron chi connectivity index (χ4n) is 4.95. The molecule has 0 aromatic heterocycles. The van der Waals surface area contributed by atoms with Gasteiger partial charge in [0.2, 0.25) is 0 Å². The molecule has 3 heteroatoms. The molecular weight excluding hydrogens is 350 g/mol. The Morgan fingerprint density at radius 1 is 1.08 bits per heavy atom. The molecule has 2 aromatic carbocycles. The van der Waals surface area contributed by atoms with E-state index in [0.717, 1.165) is 36.8 Å². The van der Waals surface area contributed by atoms with E-state index in [1.54, 1.807) is 30.3 Å². The van der Waals surface area contributed by atoms with Gasteiger partial charge in [-0.25, -0.2) is 8.78 Å². The van der Waals surface area contributed by atoms with Crippen LogP contribution in [0.5, 0.6) is 0 Å². The van der Waals surface area contributed by atoms with E-state index < -0.39 is 5.82 Å². The Morgan fingerprint density at radius 2 is 1.85 bits per heavy atom. The molecule has 2 aliphatic carbocycles. The van der Waals surface area contributed by atoms with Crippen LogP contribution in [0.25, 0.3) is 11.1 Å². The summed E-state index contributed by atoms with van der Waals surface area (Å²) in [6, 6.07) is 8.32. The quantitative estimate of drug-likeness (QED) is 0.485. The van der Waals surface area contributed by atoms with Gasteiger partial charge in [-0.1, -0.05) is 35.9 Å². The lowest BCUT2D eigenvalue weighted by atomic mass is 9.65. The van der Waals surface area contributed by atoms with E-state index in [1.165, 1.54) is 0 Å². The first kappa shape index (κ1) is 17.7. The van der Waals surface area contributed by atoms with E-state index in [2.05, 4.69) is 19.1 Å². The van der Waals surface area contributed by atoms with E-state index in [0.29, 0.717) is 34.8 Å². The topological polar surface area (TPSA) is 0 Å². The van der Waals surface area contributed by atoms with E-state index in [-0.39, 0.29) is 11.4 Å². The molecule has 2 aliphatic rings. The Kier molecular flexibility index (Phi) is 4.88. The average molecular weight is 373 g/mol. The molecule has 3 atom stereocenters. The molecule has 1 saturated carbocycles. The van der Waals surface area contributed by atoms with Crippen LogP contribution in [0, 0.1) is 23.5 Å². The van der Waals surface area contributed by atoms with Gasteiger partial charge in [0.25, 0.3) is 0 Å². The number of benzene rings is 2. The average Bonchev–Trinajstić information content (AvgIpc) is 2.63. The number of allylic oxidation sites excluding steroid dienone is 2. The summed E-state index contributed by atoms with van der Waals surface area (Å²) in [4.78, 5) is 0. The lowest BCUT2D eigenvalue weighted by molar-refractivity contribution is 0.234. The van der Waals surface area contributed by atoms with Crippen molar-refractivity contribution in [1.29, 1.82) is 0 Å². The molecule has 0 aliphatic heterocycles. The van der Waals surface area contributed by atoms with Crippen molar-refractivity contribution < 1.29 is 8.78 Å². The van der Waals surface area contributed by atoms with E-state index in [4.69, 9.17) is 11.6 Å². The van der Waals surface area contributed by atoms with Crippen molar-refractivity contribution in [3.8, 4) is 11.1 Å². The number of rotatable bonds is 2. The van der Waals surface area contributed by atoms with Crippen LogP contribution in [0.1, 0.15) is 49.7 Å². The summed E-state index contributed by atoms with van der Waals surface area (Å²) in [5.41, 5.74) is 2.27. The molecule has 0 bridgehead atoms. The third kappa shape index (κ3) is 3.09. The monoisotopic (exact) mass is 372 g/mol. The van der Waals surface area contributed by atoms with Crippen molar-refractivity contribution >= 4 is 11.6 Å². The Morgan fingerprint density at radius 3 is 2.58 bits per heavy atom. The van der Waals surface area contributed by atoms with Gasteiger partial charge in [-0.05, 0) is 91.7 Å². The van der Waals surface area contributed by atoms with Crippen molar-refractivity contribution in [2.75, 3.05) is 0 Å². The van der Waals surface area contributed by atoms with Crippen molar-refractivity contribution in [2.24, 2.45) is 11.8 Å². The molecule has 0 radical (unpaired) electrons. The first-order valence-corrected chi connectivity index (χ1v) is 9.85. The molecule has 0 spiro atoms. The third-order valence-electron chi connectivity index (χ3n) is 6.14. The molecule has 1 fully saturated rings. The largest absolute Gasteiger partial charge is 0.206 e. The van der Waals surface area contributed by atoms with Crippen LogP contribution in [-0.2, 0) is 6.42 Å². The second kappa shape index (κ2) is 7.15. The molecule has 0 nitrogen and oxygen atoms in total. The zero-order valence-corrected chi connectivity index (χ0v) is 15.7. The van der Waals surface area contributed by atoms with Crippen LogP contribution >= 0.6 is 11.6 Å². The SMILES string of the molecule is CC=CC1CCC2c3cc(F)c(-c4ccc(Cl)cc4)c(F)c3CCC2C1. The lowest BCUT2D eigenvalue weighted by Crippen LogP contribution is -2.28. The van der Waals surface area contributed by atoms with Crippen LogP contribution in [0.15, 0.2) is 42.5 Å². The van der Waals surface area contributed by atoms with Crippen LogP contribution in [0.4, 0.5) is 8.78 Å². The number of fused-ring (bicyclic) bond motifs is 3. The van der Waals surface area contributed by atoms with Gasteiger partial charge in [0.15, 0.2) is 0 Å². The van der Waals surface area contributed by atoms with Gasteiger partial charge >= 0.3 is 0 Å². The highest BCUT2D eigenvalue weighted by Gasteiger charge is 2.37. The van der Waals surface area contributed by atoms with Crippen LogP contribution in [-0.4, -0.2) is 0 Å². The standard InChI is InChI=1S/C23H23ClF2/c1-2-3-14-4-10-18-16(12-14)7-11-19-20(18)13-21(25)22(23(19)26)15-5-8-17(24)9-6-15/h2-3,5-6,8-9,13-14,16,18H,4,7,10-12H2,1H3. The van der Waals surface area contributed by atoms with Crippen molar-refractivity contribution in [3.63, 3.8) is 0 Å². The zero-order valence-electron chi connectivity index (χ0n) is 14.9. The van der Waals surface area contributed by atoms with Gasteiger partial charge < -0.3 is 0 Å². The number of hydrogen-bond donors (Lipinski definition) is 0. The third-order valence-corrected chi connectivity index (χ3v) is 6.39. The fraction of sp³-hybridized carbons (Fsp3) is 0.391. The van der Waals surface area contributed by atoms with Crippen molar-refractivity contribution in [1.82, 2.24) is 0 Å². The van der Waals surface area contributed by atoms with E-state index in [9.17, 15) is 4.39 Å². The number of hydrogen-bond acceptors (Lipinski definition) is 0. The highest BCUT2D eigenvalue weighted by molar-refractivity contribution is 6.30. The first-order chi connectivity index (χ1) is 12.6. The molecule has 0 saturated heterocycles. The predicted octanol–water partition coefficient (Wildman–Crippen LogP) is 7.31. The minimum Gasteiger partial charge on any atom is -0.206 e. The predicted molar refractivity (Wildman–Crippen MR) is 104 cm³/mol. The maximum absolute atomic E-state index is 15.3. The van der Waals surface area contributed by atoms with Gasteiger partial charge in [0.1, 0.15) is 11.6 Å². The first-order valence-electron chi connectivity index (χ1n) is 9.48. The summed E-state index contributed by atoms with van der Waals surface area (Å²) in [6.45, 7) is 2.06. The minimum atomic E-state index is -0.459. The summed E-state index contributed by atoms with van der Waals surface area (Å²) in [7, 11) is 0. The van der Waals surface area contributed by atoms with Gasteiger partial charge in [0, 0.05) is 5.02 Å². The normalized spacial score (nSPS) is 25.2. The molecule has 0 N–H and O–H groups in total. The Labute approximate surface area is 158 Å². The molecular formula is C23H23ClF2. The second-order valence-corrected chi connectivity index (χ2v) is 8.06.